The summed E-state index contributed by atoms with van der Waals surface area (Å²) >= 11 is 0. The number of amides is 2. The number of nitrogens with one attached hydrogen (secondary N) is 1. The Morgan fingerprint density at radius 3 is 2.21 bits per heavy atom. The molecule has 28 heavy (non-hydrogen) atoms. The summed E-state index contributed by atoms with van der Waals surface area (Å²) in [7, 11) is 0. The molecule has 0 radical (unpaired) electrons. The predicted molar refractivity (Wildman–Crippen MR) is 112 cm³/mol. The molecule has 0 aliphatic carbocycles. The van der Waals surface area contributed by atoms with Crippen LogP contribution in [0.5, 0.6) is 0 Å². The van der Waals surface area contributed by atoms with Crippen LogP contribution in [-0.2, 0) is 17.8 Å². The van der Waals surface area contributed by atoms with Crippen LogP contribution in [0.1, 0.15) is 66.7 Å². The van der Waals surface area contributed by atoms with Crippen molar-refractivity contribution in [1.82, 2.24) is 10.2 Å². The van der Waals surface area contributed by atoms with E-state index in [1.54, 1.807) is 0 Å². The third-order valence-electron chi connectivity index (χ3n) is 5.23. The molecule has 0 spiro atoms. The first-order chi connectivity index (χ1) is 13.4. The van der Waals surface area contributed by atoms with E-state index in [9.17, 15) is 9.59 Å². The maximum absolute atomic E-state index is 12.6. The van der Waals surface area contributed by atoms with E-state index in [0.717, 1.165) is 30.5 Å². The quantitative estimate of drug-likeness (QED) is 0.771. The minimum atomic E-state index is -0.0810. The Bertz CT molecular complexity index is 810. The summed E-state index contributed by atoms with van der Waals surface area (Å²) < 4.78 is 0. The van der Waals surface area contributed by atoms with E-state index in [4.69, 9.17) is 0 Å². The predicted octanol–water partition coefficient (Wildman–Crippen LogP) is 4.50. The average Bonchev–Trinajstić information content (AvgIpc) is 3.07. The Labute approximate surface area is 167 Å². The minimum absolute atomic E-state index is 0.0532. The maximum Gasteiger partial charge on any atom is 0.251 e. The van der Waals surface area contributed by atoms with Crippen molar-refractivity contribution in [3.8, 4) is 0 Å². The molecule has 1 N–H and O–H groups in total. The normalized spacial score (nSPS) is 15.1. The first kappa shape index (κ1) is 20.1. The van der Waals surface area contributed by atoms with Gasteiger partial charge in [-0.1, -0.05) is 50.2 Å². The standard InChI is InChI=1S/C24H30N2O2/c1-17(2)15-19-6-10-21(11-7-19)18(3)25-24(28)22-12-8-20(9-13-22)16-26-14-4-5-23(26)27/h6-13,17-18H,4-5,14-16H2,1-3H3,(H,25,28)/t18-/m1/s1. The van der Waals surface area contributed by atoms with Crippen LogP contribution in [0.3, 0.4) is 0 Å². The second-order valence-corrected chi connectivity index (χ2v) is 8.15. The zero-order valence-corrected chi connectivity index (χ0v) is 17.1. The van der Waals surface area contributed by atoms with E-state index in [0.29, 0.717) is 24.4 Å². The van der Waals surface area contributed by atoms with E-state index in [2.05, 4.69) is 43.4 Å². The van der Waals surface area contributed by atoms with Crippen molar-refractivity contribution in [3.63, 3.8) is 0 Å². The fraction of sp³-hybridized carbons (Fsp3) is 0.417. The first-order valence-electron chi connectivity index (χ1n) is 10.2. The van der Waals surface area contributed by atoms with Gasteiger partial charge in [-0.3, -0.25) is 9.59 Å². The number of rotatable bonds is 7. The Morgan fingerprint density at radius 2 is 1.64 bits per heavy atom. The smallest absolute Gasteiger partial charge is 0.251 e. The molecule has 148 valence electrons. The lowest BCUT2D eigenvalue weighted by molar-refractivity contribution is -0.128. The fourth-order valence-electron chi connectivity index (χ4n) is 3.63. The molecule has 0 aromatic heterocycles. The number of carbonyl (C=O) groups is 2. The lowest BCUT2D eigenvalue weighted by atomic mass is 10.00. The van der Waals surface area contributed by atoms with E-state index in [-0.39, 0.29) is 17.9 Å². The molecule has 0 bridgehead atoms. The Kier molecular flexibility index (Phi) is 6.50. The number of benzene rings is 2. The van der Waals surface area contributed by atoms with Gasteiger partial charge < -0.3 is 10.2 Å². The molecule has 1 heterocycles. The second-order valence-electron chi connectivity index (χ2n) is 8.15. The molecule has 2 amide bonds. The van der Waals surface area contributed by atoms with Crippen molar-refractivity contribution in [2.24, 2.45) is 5.92 Å². The van der Waals surface area contributed by atoms with Crippen LogP contribution < -0.4 is 5.32 Å². The molecule has 0 saturated carbocycles. The number of carbonyl (C=O) groups excluding carboxylic acids is 2. The highest BCUT2D eigenvalue weighted by molar-refractivity contribution is 5.94. The van der Waals surface area contributed by atoms with Crippen molar-refractivity contribution in [2.75, 3.05) is 6.54 Å². The van der Waals surface area contributed by atoms with Crippen molar-refractivity contribution >= 4 is 11.8 Å². The monoisotopic (exact) mass is 378 g/mol. The van der Waals surface area contributed by atoms with Crippen molar-refractivity contribution in [3.05, 3.63) is 70.8 Å². The lowest BCUT2D eigenvalue weighted by Gasteiger charge is -2.17. The van der Waals surface area contributed by atoms with Gasteiger partial charge in [-0.2, -0.15) is 0 Å². The van der Waals surface area contributed by atoms with Crippen LogP contribution in [0, 0.1) is 5.92 Å². The molecular formula is C24H30N2O2. The number of hydrogen-bond donors (Lipinski definition) is 1. The molecular weight excluding hydrogens is 348 g/mol. The topological polar surface area (TPSA) is 49.4 Å². The van der Waals surface area contributed by atoms with Gasteiger partial charge in [0.1, 0.15) is 0 Å². The van der Waals surface area contributed by atoms with Crippen LogP contribution in [0.4, 0.5) is 0 Å². The van der Waals surface area contributed by atoms with Crippen LogP contribution >= 0.6 is 0 Å². The molecule has 1 atom stereocenters. The first-order valence-corrected chi connectivity index (χ1v) is 10.2. The van der Waals surface area contributed by atoms with Crippen molar-refractivity contribution in [1.29, 1.82) is 0 Å². The second kappa shape index (κ2) is 9.05. The summed E-state index contributed by atoms with van der Waals surface area (Å²) in [6.07, 6.45) is 2.66. The SMILES string of the molecule is CC(C)Cc1ccc([C@@H](C)NC(=O)c2ccc(CN3CCCC3=O)cc2)cc1. The molecule has 4 nitrogen and oxygen atoms in total. The summed E-state index contributed by atoms with van der Waals surface area (Å²) in [5.41, 5.74) is 4.12. The molecule has 0 unspecified atom stereocenters. The van der Waals surface area contributed by atoms with Crippen LogP contribution in [-0.4, -0.2) is 23.3 Å². The van der Waals surface area contributed by atoms with Gasteiger partial charge in [-0.25, -0.2) is 0 Å². The minimum Gasteiger partial charge on any atom is -0.346 e. The summed E-state index contributed by atoms with van der Waals surface area (Å²) in [5.74, 6) is 0.771. The molecule has 3 rings (SSSR count). The average molecular weight is 379 g/mol. The van der Waals surface area contributed by atoms with Crippen LogP contribution in [0.2, 0.25) is 0 Å². The molecule has 1 fully saturated rings. The zero-order valence-electron chi connectivity index (χ0n) is 17.1. The van der Waals surface area contributed by atoms with Gasteiger partial charge in [0, 0.05) is 25.1 Å². The Balaban J connectivity index is 1.57. The highest BCUT2D eigenvalue weighted by Crippen LogP contribution is 2.17. The fourth-order valence-corrected chi connectivity index (χ4v) is 3.63. The molecule has 1 aliphatic rings. The highest BCUT2D eigenvalue weighted by Gasteiger charge is 2.20. The number of nitrogens with zero attached hydrogens (tertiary/aromatic N) is 1. The molecule has 4 heteroatoms. The van der Waals surface area contributed by atoms with Crippen molar-refractivity contribution < 1.29 is 9.59 Å². The molecule has 1 saturated heterocycles. The lowest BCUT2D eigenvalue weighted by Crippen LogP contribution is -2.27. The number of likely N-dealkylation sites (tertiary alicyclic amines) is 1. The van der Waals surface area contributed by atoms with Gasteiger partial charge in [0.15, 0.2) is 0 Å². The molecule has 1 aliphatic heterocycles. The van der Waals surface area contributed by atoms with E-state index in [1.807, 2.05) is 36.1 Å². The van der Waals surface area contributed by atoms with Gasteiger partial charge in [0.05, 0.1) is 6.04 Å². The number of hydrogen-bond acceptors (Lipinski definition) is 2. The van der Waals surface area contributed by atoms with E-state index < -0.39 is 0 Å². The largest absolute Gasteiger partial charge is 0.346 e. The highest BCUT2D eigenvalue weighted by atomic mass is 16.2. The van der Waals surface area contributed by atoms with E-state index >= 15 is 0 Å². The zero-order chi connectivity index (χ0) is 20.1. The van der Waals surface area contributed by atoms with Gasteiger partial charge in [0.25, 0.3) is 5.91 Å². The van der Waals surface area contributed by atoms with Crippen molar-refractivity contribution in [2.45, 2.75) is 52.6 Å². The maximum atomic E-state index is 12.6. The summed E-state index contributed by atoms with van der Waals surface area (Å²) in [6, 6.07) is 16.0. The third kappa shape index (κ3) is 5.22. The van der Waals surface area contributed by atoms with Gasteiger partial charge in [-0.05, 0) is 54.5 Å². The Morgan fingerprint density at radius 1 is 1.00 bits per heavy atom. The van der Waals surface area contributed by atoms with Gasteiger partial charge >= 0.3 is 0 Å². The summed E-state index contributed by atoms with van der Waals surface area (Å²) in [5, 5.41) is 3.07. The van der Waals surface area contributed by atoms with Gasteiger partial charge in [-0.15, -0.1) is 0 Å². The Hall–Kier alpha value is -2.62. The molecule has 2 aromatic carbocycles. The van der Waals surface area contributed by atoms with Gasteiger partial charge in [0.2, 0.25) is 5.91 Å². The van der Waals surface area contributed by atoms with Crippen LogP contribution in [0.25, 0.3) is 0 Å². The van der Waals surface area contributed by atoms with E-state index in [1.165, 1.54) is 5.56 Å². The molecule has 2 aromatic rings. The third-order valence-corrected chi connectivity index (χ3v) is 5.23. The summed E-state index contributed by atoms with van der Waals surface area (Å²) in [4.78, 5) is 26.2. The van der Waals surface area contributed by atoms with Crippen LogP contribution in [0.15, 0.2) is 48.5 Å². The summed E-state index contributed by atoms with van der Waals surface area (Å²) in [6.45, 7) is 7.88.